The number of aliphatic carboxylic acids is 1. The molecule has 12 heavy (non-hydrogen) atoms. The molecule has 0 aliphatic heterocycles. The quantitative estimate of drug-likeness (QED) is 0.391. The molecule has 0 spiro atoms. The maximum atomic E-state index is 10.2. The normalized spacial score (nSPS) is 11.5. The van der Waals surface area contributed by atoms with Crippen LogP contribution in [0.1, 0.15) is 19.3 Å². The zero-order valence-electron chi connectivity index (χ0n) is 6.72. The fraction of sp³-hybridized carbons (Fsp3) is 0.625. The molecule has 3 nitrogen and oxygen atoms in total. The van der Waals surface area contributed by atoms with Crippen LogP contribution in [0, 0.1) is 11.8 Å². The van der Waals surface area contributed by atoms with Crippen molar-refractivity contribution >= 4 is 17.6 Å². The molecule has 0 unspecified atom stereocenters. The lowest BCUT2D eigenvalue weighted by Crippen LogP contribution is -2.29. The Bertz CT molecular complexity index is 195. The average Bonchev–Trinajstić information content (AvgIpc) is 2.03. The van der Waals surface area contributed by atoms with Crippen LogP contribution < -0.4 is 5.73 Å². The topological polar surface area (TPSA) is 63.3 Å². The van der Waals surface area contributed by atoms with Gasteiger partial charge in [0.05, 0.1) is 5.88 Å². The summed E-state index contributed by atoms with van der Waals surface area (Å²) in [5.41, 5.74) is 5.26. The fourth-order valence-corrected chi connectivity index (χ4v) is 0.764. The van der Waals surface area contributed by atoms with Crippen molar-refractivity contribution in [2.75, 3.05) is 5.88 Å². The Labute approximate surface area is 76.9 Å². The van der Waals surface area contributed by atoms with Crippen LogP contribution in [0.25, 0.3) is 0 Å². The Morgan fingerprint density at radius 3 is 2.75 bits per heavy atom. The summed E-state index contributed by atoms with van der Waals surface area (Å²) in [6.07, 6.45) is 1.83. The number of unbranched alkanes of at least 4 members (excludes halogenated alkanes) is 1. The number of alkyl halides is 1. The predicted molar refractivity (Wildman–Crippen MR) is 48.0 cm³/mol. The summed E-state index contributed by atoms with van der Waals surface area (Å²) in [4.78, 5) is 10.2. The molecule has 0 radical (unpaired) electrons. The van der Waals surface area contributed by atoms with E-state index >= 15 is 0 Å². The number of hydrogen-bond donors (Lipinski definition) is 2. The van der Waals surface area contributed by atoms with Crippen molar-refractivity contribution in [2.24, 2.45) is 5.73 Å². The average molecular weight is 190 g/mol. The van der Waals surface area contributed by atoms with Crippen molar-refractivity contribution in [1.29, 1.82) is 0 Å². The van der Waals surface area contributed by atoms with Gasteiger partial charge in [-0.05, 0) is 12.8 Å². The number of nitrogens with two attached hydrogens (primary N) is 1. The van der Waals surface area contributed by atoms with Crippen LogP contribution in [0.4, 0.5) is 0 Å². The van der Waals surface area contributed by atoms with Crippen molar-refractivity contribution in [2.45, 2.75) is 25.3 Å². The molecule has 0 fully saturated rings. The zero-order chi connectivity index (χ0) is 9.40. The predicted octanol–water partition coefficient (Wildman–Crippen LogP) is 0.811. The number of carbonyl (C=O) groups is 1. The summed E-state index contributed by atoms with van der Waals surface area (Å²) in [5, 5.41) is 8.40. The zero-order valence-corrected chi connectivity index (χ0v) is 7.47. The van der Waals surface area contributed by atoms with E-state index in [0.29, 0.717) is 25.1 Å². The Morgan fingerprint density at radius 1 is 1.58 bits per heavy atom. The van der Waals surface area contributed by atoms with Gasteiger partial charge in [-0.15, -0.1) is 17.5 Å². The van der Waals surface area contributed by atoms with Crippen LogP contribution in [0.5, 0.6) is 0 Å². The van der Waals surface area contributed by atoms with Crippen molar-refractivity contribution < 1.29 is 9.90 Å². The molecular weight excluding hydrogens is 178 g/mol. The second-order valence-electron chi connectivity index (χ2n) is 2.32. The van der Waals surface area contributed by atoms with Gasteiger partial charge in [-0.2, -0.15) is 0 Å². The number of halogens is 1. The summed E-state index contributed by atoms with van der Waals surface area (Å²) in [6, 6.07) is -0.761. The van der Waals surface area contributed by atoms with Crippen molar-refractivity contribution in [3.63, 3.8) is 0 Å². The van der Waals surface area contributed by atoms with E-state index in [0.717, 1.165) is 0 Å². The molecule has 0 bridgehead atoms. The summed E-state index contributed by atoms with van der Waals surface area (Å²) in [5.74, 6) is 4.84. The van der Waals surface area contributed by atoms with Gasteiger partial charge in [-0.1, -0.05) is 5.92 Å². The Morgan fingerprint density at radius 2 is 2.25 bits per heavy atom. The lowest BCUT2D eigenvalue weighted by Gasteiger charge is -2.02. The Balaban J connectivity index is 3.37. The molecule has 0 aromatic rings. The third kappa shape index (κ3) is 6.02. The summed E-state index contributed by atoms with van der Waals surface area (Å²) in [6.45, 7) is 0. The first-order chi connectivity index (χ1) is 5.68. The first kappa shape index (κ1) is 11.3. The molecule has 0 aromatic heterocycles. The smallest absolute Gasteiger partial charge is 0.320 e. The van der Waals surface area contributed by atoms with Crippen LogP contribution >= 0.6 is 11.6 Å². The van der Waals surface area contributed by atoms with Crippen molar-refractivity contribution in [1.82, 2.24) is 0 Å². The summed E-state index contributed by atoms with van der Waals surface area (Å²) < 4.78 is 0. The molecule has 0 heterocycles. The molecule has 1 atom stereocenters. The van der Waals surface area contributed by atoms with E-state index in [1.54, 1.807) is 0 Å². The molecule has 3 N–H and O–H groups in total. The standard InChI is InChI=1S/C8H12ClNO2/c9-6-4-2-1-3-5-7(10)8(11)12/h7H,1,3,5-6,10H2,(H,11,12)/t7-/m0/s1. The van der Waals surface area contributed by atoms with Gasteiger partial charge < -0.3 is 10.8 Å². The fourth-order valence-electron chi connectivity index (χ4n) is 0.669. The molecular formula is C8H12ClNO2. The SMILES string of the molecule is N[C@@H](CCCC#CCCl)C(=O)O. The van der Waals surface area contributed by atoms with E-state index in [1.807, 2.05) is 0 Å². The number of hydrogen-bond acceptors (Lipinski definition) is 2. The van der Waals surface area contributed by atoms with Crippen molar-refractivity contribution in [3.05, 3.63) is 0 Å². The molecule has 0 saturated heterocycles. The first-order valence-corrected chi connectivity index (χ1v) is 4.22. The Hall–Kier alpha value is -0.720. The highest BCUT2D eigenvalue weighted by Crippen LogP contribution is 1.97. The minimum Gasteiger partial charge on any atom is -0.480 e. The lowest BCUT2D eigenvalue weighted by molar-refractivity contribution is -0.138. The largest absolute Gasteiger partial charge is 0.480 e. The van der Waals surface area contributed by atoms with Crippen LogP contribution in [0.3, 0.4) is 0 Å². The number of carboxylic acid groups (broad SMARTS) is 1. The van der Waals surface area contributed by atoms with Gasteiger partial charge in [-0.3, -0.25) is 4.79 Å². The maximum Gasteiger partial charge on any atom is 0.320 e. The first-order valence-electron chi connectivity index (χ1n) is 3.68. The molecule has 0 aromatic carbocycles. The summed E-state index contributed by atoms with van der Waals surface area (Å²) >= 11 is 5.30. The van der Waals surface area contributed by atoms with E-state index in [2.05, 4.69) is 11.8 Å². The van der Waals surface area contributed by atoms with Gasteiger partial charge in [0.2, 0.25) is 0 Å². The maximum absolute atomic E-state index is 10.2. The third-order valence-electron chi connectivity index (χ3n) is 1.33. The second kappa shape index (κ2) is 6.96. The van der Waals surface area contributed by atoms with Gasteiger partial charge in [-0.25, -0.2) is 0 Å². The summed E-state index contributed by atoms with van der Waals surface area (Å²) in [7, 11) is 0. The third-order valence-corrected chi connectivity index (χ3v) is 1.46. The van der Waals surface area contributed by atoms with Crippen LogP contribution in [-0.4, -0.2) is 23.0 Å². The highest BCUT2D eigenvalue weighted by atomic mass is 35.5. The molecule has 0 amide bonds. The van der Waals surface area contributed by atoms with E-state index in [4.69, 9.17) is 22.4 Å². The second-order valence-corrected chi connectivity index (χ2v) is 2.59. The minimum absolute atomic E-state index is 0.324. The van der Waals surface area contributed by atoms with Gasteiger partial charge in [0.15, 0.2) is 0 Å². The minimum atomic E-state index is -0.958. The monoisotopic (exact) mass is 189 g/mol. The molecule has 0 rings (SSSR count). The van der Waals surface area contributed by atoms with Gasteiger partial charge in [0.1, 0.15) is 6.04 Å². The molecule has 0 aliphatic carbocycles. The number of carboxylic acids is 1. The van der Waals surface area contributed by atoms with Crippen LogP contribution in [0.15, 0.2) is 0 Å². The van der Waals surface area contributed by atoms with Gasteiger partial charge in [0, 0.05) is 6.42 Å². The molecule has 0 saturated carbocycles. The highest BCUT2D eigenvalue weighted by Gasteiger charge is 2.09. The lowest BCUT2D eigenvalue weighted by atomic mass is 10.1. The van der Waals surface area contributed by atoms with E-state index in [-0.39, 0.29) is 0 Å². The molecule has 68 valence electrons. The van der Waals surface area contributed by atoms with E-state index < -0.39 is 12.0 Å². The Kier molecular flexibility index (Phi) is 6.54. The number of rotatable bonds is 4. The van der Waals surface area contributed by atoms with Crippen LogP contribution in [-0.2, 0) is 4.79 Å². The van der Waals surface area contributed by atoms with Crippen LogP contribution in [0.2, 0.25) is 0 Å². The molecule has 0 aliphatic rings. The molecule has 4 heteroatoms. The van der Waals surface area contributed by atoms with E-state index in [9.17, 15) is 4.79 Å². The van der Waals surface area contributed by atoms with Gasteiger partial charge >= 0.3 is 5.97 Å². The van der Waals surface area contributed by atoms with E-state index in [1.165, 1.54) is 0 Å². The highest BCUT2D eigenvalue weighted by molar-refractivity contribution is 6.19. The van der Waals surface area contributed by atoms with Gasteiger partial charge in [0.25, 0.3) is 0 Å². The van der Waals surface area contributed by atoms with Crippen molar-refractivity contribution in [3.8, 4) is 11.8 Å².